The first kappa shape index (κ1) is 11.5. The van der Waals surface area contributed by atoms with E-state index in [2.05, 4.69) is 18.2 Å². The molecule has 0 spiro atoms. The molecule has 20 heavy (non-hydrogen) atoms. The maximum absolute atomic E-state index is 12.0. The zero-order valence-corrected chi connectivity index (χ0v) is 12.0. The molecule has 0 heterocycles. The van der Waals surface area contributed by atoms with Gasteiger partial charge in [0.15, 0.2) is 5.78 Å². The van der Waals surface area contributed by atoms with Crippen LogP contribution in [0.3, 0.4) is 0 Å². The molecule has 0 saturated heterocycles. The summed E-state index contributed by atoms with van der Waals surface area (Å²) < 4.78 is 0. The van der Waals surface area contributed by atoms with E-state index < -0.39 is 0 Å². The lowest BCUT2D eigenvalue weighted by molar-refractivity contribution is -0.00520. The van der Waals surface area contributed by atoms with Gasteiger partial charge in [-0.1, -0.05) is 12.1 Å². The third-order valence-electron chi connectivity index (χ3n) is 6.68. The maximum atomic E-state index is 12.0. The van der Waals surface area contributed by atoms with Gasteiger partial charge in [0.1, 0.15) is 0 Å². The number of rotatable bonds is 1. The molecule has 1 aromatic rings. The van der Waals surface area contributed by atoms with Crippen LogP contribution in [0.2, 0.25) is 0 Å². The van der Waals surface area contributed by atoms with E-state index >= 15 is 0 Å². The van der Waals surface area contributed by atoms with Gasteiger partial charge < -0.3 is 0 Å². The van der Waals surface area contributed by atoms with Crippen molar-refractivity contribution in [3.63, 3.8) is 0 Å². The monoisotopic (exact) mass is 266 g/mol. The largest absolute Gasteiger partial charge is 0.294 e. The van der Waals surface area contributed by atoms with Crippen molar-refractivity contribution in [1.29, 1.82) is 0 Å². The summed E-state index contributed by atoms with van der Waals surface area (Å²) in [5.41, 5.74) is 4.29. The Kier molecular flexibility index (Phi) is 2.16. The van der Waals surface area contributed by atoms with Crippen LogP contribution in [-0.4, -0.2) is 5.78 Å². The number of ketones is 1. The highest BCUT2D eigenvalue weighted by Gasteiger charge is 2.51. The Balaban J connectivity index is 1.60. The second-order valence-corrected chi connectivity index (χ2v) is 7.99. The van der Waals surface area contributed by atoms with Crippen molar-refractivity contribution in [2.45, 2.75) is 56.8 Å². The molecule has 0 amide bonds. The molecule has 104 valence electrons. The molecule has 6 rings (SSSR count). The lowest BCUT2D eigenvalue weighted by Crippen LogP contribution is -2.48. The van der Waals surface area contributed by atoms with Crippen LogP contribution >= 0.6 is 0 Å². The molecule has 1 aromatic carbocycles. The number of hydrogen-bond acceptors (Lipinski definition) is 1. The minimum Gasteiger partial charge on any atom is -0.294 e. The van der Waals surface area contributed by atoms with Crippen LogP contribution in [-0.2, 0) is 11.8 Å². The molecule has 1 heteroatoms. The van der Waals surface area contributed by atoms with E-state index in [1.165, 1.54) is 49.7 Å². The van der Waals surface area contributed by atoms with Crippen molar-refractivity contribution in [3.8, 4) is 0 Å². The summed E-state index contributed by atoms with van der Waals surface area (Å²) in [6.45, 7) is 0. The Morgan fingerprint density at radius 2 is 1.55 bits per heavy atom. The van der Waals surface area contributed by atoms with Crippen LogP contribution in [0, 0.1) is 17.8 Å². The summed E-state index contributed by atoms with van der Waals surface area (Å²) in [5, 5.41) is 0. The lowest BCUT2D eigenvalue weighted by atomic mass is 9.48. The first-order chi connectivity index (χ1) is 9.72. The predicted molar refractivity (Wildman–Crippen MR) is 78.9 cm³/mol. The zero-order valence-electron chi connectivity index (χ0n) is 12.0. The van der Waals surface area contributed by atoms with Gasteiger partial charge in [-0.2, -0.15) is 0 Å². The summed E-state index contributed by atoms with van der Waals surface area (Å²) in [6.07, 6.45) is 10.4. The fraction of sp³-hybridized carbons (Fsp3) is 0.632. The van der Waals surface area contributed by atoms with Crippen LogP contribution in [0.5, 0.6) is 0 Å². The summed E-state index contributed by atoms with van der Waals surface area (Å²) in [4.78, 5) is 12.0. The van der Waals surface area contributed by atoms with Crippen molar-refractivity contribution in [1.82, 2.24) is 0 Å². The second-order valence-electron chi connectivity index (χ2n) is 7.99. The van der Waals surface area contributed by atoms with Gasteiger partial charge in [0.2, 0.25) is 0 Å². The van der Waals surface area contributed by atoms with Gasteiger partial charge in [0.25, 0.3) is 0 Å². The van der Waals surface area contributed by atoms with Crippen molar-refractivity contribution >= 4 is 5.78 Å². The zero-order chi connectivity index (χ0) is 13.3. The molecular formula is C19H22O. The highest BCUT2D eigenvalue weighted by molar-refractivity contribution is 6.00. The molecular weight excluding hydrogens is 244 g/mol. The number of Topliss-reactive ketones (excluding diaryl/α,β-unsaturated/α-hetero) is 1. The Bertz CT molecular complexity index is 562. The highest BCUT2D eigenvalue weighted by atomic mass is 16.1. The third kappa shape index (κ3) is 1.47. The maximum Gasteiger partial charge on any atom is 0.163 e. The van der Waals surface area contributed by atoms with E-state index in [0.29, 0.717) is 11.2 Å². The van der Waals surface area contributed by atoms with E-state index in [9.17, 15) is 4.79 Å². The Morgan fingerprint density at radius 1 is 0.900 bits per heavy atom. The minimum absolute atomic E-state index is 0.381. The topological polar surface area (TPSA) is 17.1 Å². The first-order valence-corrected chi connectivity index (χ1v) is 8.38. The van der Waals surface area contributed by atoms with Crippen LogP contribution in [0.1, 0.15) is 66.4 Å². The number of fused-ring (bicyclic) bond motifs is 1. The number of aryl methyl sites for hydroxylation is 1. The van der Waals surface area contributed by atoms with Gasteiger partial charge in [0, 0.05) is 12.0 Å². The van der Waals surface area contributed by atoms with Gasteiger partial charge in [-0.25, -0.2) is 0 Å². The number of carbonyl (C=O) groups is 1. The smallest absolute Gasteiger partial charge is 0.163 e. The standard InChI is InChI=1S/C19H22O/c20-18-4-2-15-1-3-16(8-17(15)18)19-9-12-5-13(10-19)7-14(6-12)11-19/h1,3,8,12-14H,2,4-7,9-11H2. The summed E-state index contributed by atoms with van der Waals surface area (Å²) in [7, 11) is 0. The summed E-state index contributed by atoms with van der Waals surface area (Å²) >= 11 is 0. The normalized spacial score (nSPS) is 41.2. The molecule has 0 N–H and O–H groups in total. The van der Waals surface area contributed by atoms with E-state index in [4.69, 9.17) is 0 Å². The van der Waals surface area contributed by atoms with Crippen LogP contribution in [0.25, 0.3) is 0 Å². The van der Waals surface area contributed by atoms with E-state index in [0.717, 1.165) is 36.2 Å². The van der Waals surface area contributed by atoms with Crippen molar-refractivity contribution in [2.75, 3.05) is 0 Å². The lowest BCUT2D eigenvalue weighted by Gasteiger charge is -2.57. The van der Waals surface area contributed by atoms with Crippen molar-refractivity contribution < 1.29 is 4.79 Å². The first-order valence-electron chi connectivity index (χ1n) is 8.38. The molecule has 5 aliphatic rings. The molecule has 5 aliphatic carbocycles. The Hall–Kier alpha value is -1.11. The third-order valence-corrected chi connectivity index (χ3v) is 6.68. The molecule has 4 fully saturated rings. The van der Waals surface area contributed by atoms with E-state index in [1.54, 1.807) is 0 Å². The van der Waals surface area contributed by atoms with E-state index in [1.807, 2.05) is 0 Å². The molecule has 4 bridgehead atoms. The van der Waals surface area contributed by atoms with Gasteiger partial charge in [0.05, 0.1) is 0 Å². The van der Waals surface area contributed by atoms with Crippen molar-refractivity contribution in [2.24, 2.45) is 17.8 Å². The Morgan fingerprint density at radius 3 is 2.20 bits per heavy atom. The number of carbonyl (C=O) groups excluding carboxylic acids is 1. The molecule has 0 radical (unpaired) electrons. The average molecular weight is 266 g/mol. The van der Waals surface area contributed by atoms with Gasteiger partial charge in [-0.3, -0.25) is 4.79 Å². The molecule has 4 saturated carbocycles. The van der Waals surface area contributed by atoms with E-state index in [-0.39, 0.29) is 0 Å². The highest BCUT2D eigenvalue weighted by Crippen LogP contribution is 2.60. The van der Waals surface area contributed by atoms with Crippen LogP contribution < -0.4 is 0 Å². The summed E-state index contributed by atoms with van der Waals surface area (Å²) in [5.74, 6) is 3.31. The molecule has 0 unspecified atom stereocenters. The van der Waals surface area contributed by atoms with Crippen molar-refractivity contribution in [3.05, 3.63) is 34.9 Å². The Labute approximate surface area is 120 Å². The van der Waals surface area contributed by atoms with Gasteiger partial charge in [-0.05, 0) is 85.3 Å². The average Bonchev–Trinajstić information content (AvgIpc) is 2.79. The molecule has 1 nitrogen and oxygen atoms in total. The second kappa shape index (κ2) is 3.75. The fourth-order valence-electron chi connectivity index (χ4n) is 6.23. The fourth-order valence-corrected chi connectivity index (χ4v) is 6.23. The van der Waals surface area contributed by atoms with Crippen LogP contribution in [0.4, 0.5) is 0 Å². The van der Waals surface area contributed by atoms with Gasteiger partial charge >= 0.3 is 0 Å². The van der Waals surface area contributed by atoms with Crippen LogP contribution in [0.15, 0.2) is 18.2 Å². The molecule has 0 aromatic heterocycles. The SMILES string of the molecule is O=C1CCc2ccc(C34CC5CC(CC(C5)C3)C4)cc21. The summed E-state index contributed by atoms with van der Waals surface area (Å²) in [6, 6.07) is 6.91. The number of benzene rings is 1. The molecule has 0 aliphatic heterocycles. The minimum atomic E-state index is 0.381. The number of hydrogen-bond donors (Lipinski definition) is 0. The molecule has 0 atom stereocenters. The predicted octanol–water partition coefficient (Wildman–Crippen LogP) is 4.28. The van der Waals surface area contributed by atoms with Gasteiger partial charge in [-0.15, -0.1) is 0 Å². The quantitative estimate of drug-likeness (QED) is 0.741.